The first kappa shape index (κ1) is 17.4. The second kappa shape index (κ2) is 7.62. The molecule has 0 radical (unpaired) electrons. The summed E-state index contributed by atoms with van der Waals surface area (Å²) in [6.45, 7) is 0. The van der Waals surface area contributed by atoms with Gasteiger partial charge in [-0.1, -0.05) is 78.9 Å². The lowest BCUT2D eigenvalue weighted by atomic mass is 9.92. The van der Waals surface area contributed by atoms with Crippen LogP contribution >= 0.6 is 0 Å². The van der Waals surface area contributed by atoms with E-state index in [1.54, 1.807) is 78.9 Å². The lowest BCUT2D eigenvalue weighted by molar-refractivity contribution is 0.300. The van der Waals surface area contributed by atoms with E-state index in [0.717, 1.165) is 0 Å². The Morgan fingerprint density at radius 1 is 0.680 bits per heavy atom. The van der Waals surface area contributed by atoms with Crippen molar-refractivity contribution in [3.63, 3.8) is 0 Å². The quantitative estimate of drug-likeness (QED) is 0.627. The molecule has 0 saturated heterocycles. The summed E-state index contributed by atoms with van der Waals surface area (Å²) in [5.41, 5.74) is 1.16. The third kappa shape index (κ3) is 4.15. The third-order valence-corrected chi connectivity index (χ3v) is 5.99. The summed E-state index contributed by atoms with van der Waals surface area (Å²) in [6, 6.07) is 25.9. The van der Waals surface area contributed by atoms with Gasteiger partial charge in [0.05, 0.1) is 10.6 Å². The summed E-state index contributed by atoms with van der Waals surface area (Å²) >= 11 is 0. The SMILES string of the molecule is O=S(=O)(C[C@H](c1ccccc1)[C@@H](F)c1ccccc1)c1ccccc1. The summed E-state index contributed by atoms with van der Waals surface area (Å²) in [5.74, 6) is -1.05. The highest BCUT2D eigenvalue weighted by molar-refractivity contribution is 7.91. The van der Waals surface area contributed by atoms with Crippen LogP contribution in [0.25, 0.3) is 0 Å². The number of alkyl halides is 1. The van der Waals surface area contributed by atoms with E-state index in [4.69, 9.17) is 0 Å². The van der Waals surface area contributed by atoms with Gasteiger partial charge in [-0.05, 0) is 23.3 Å². The van der Waals surface area contributed by atoms with E-state index >= 15 is 4.39 Å². The summed E-state index contributed by atoms with van der Waals surface area (Å²) in [6.07, 6.45) is -1.40. The molecule has 0 heterocycles. The maximum atomic E-state index is 15.3. The molecular weight excluding hydrogens is 335 g/mol. The van der Waals surface area contributed by atoms with E-state index in [1.807, 2.05) is 12.1 Å². The topological polar surface area (TPSA) is 34.1 Å². The Hall–Kier alpha value is -2.46. The molecule has 0 N–H and O–H groups in total. The van der Waals surface area contributed by atoms with Crippen LogP contribution in [0.1, 0.15) is 23.2 Å². The van der Waals surface area contributed by atoms with Crippen LogP contribution in [0.3, 0.4) is 0 Å². The van der Waals surface area contributed by atoms with Gasteiger partial charge in [0.2, 0.25) is 0 Å². The molecule has 3 aromatic carbocycles. The highest BCUT2D eigenvalue weighted by Crippen LogP contribution is 2.36. The first-order valence-corrected chi connectivity index (χ1v) is 9.75. The summed E-state index contributed by atoms with van der Waals surface area (Å²) in [4.78, 5) is 0.219. The molecule has 0 aliphatic carbocycles. The van der Waals surface area contributed by atoms with Gasteiger partial charge < -0.3 is 0 Å². The molecule has 0 amide bonds. The highest BCUT2D eigenvalue weighted by Gasteiger charge is 2.30. The van der Waals surface area contributed by atoms with Gasteiger partial charge in [0.15, 0.2) is 9.84 Å². The van der Waals surface area contributed by atoms with Gasteiger partial charge in [0, 0.05) is 5.92 Å². The van der Waals surface area contributed by atoms with Crippen molar-refractivity contribution in [1.29, 1.82) is 0 Å². The minimum atomic E-state index is -3.60. The van der Waals surface area contributed by atoms with Gasteiger partial charge >= 0.3 is 0 Å². The molecule has 0 aliphatic rings. The fraction of sp³-hybridized carbons (Fsp3) is 0.143. The molecule has 2 atom stereocenters. The van der Waals surface area contributed by atoms with Gasteiger partial charge in [-0.15, -0.1) is 0 Å². The van der Waals surface area contributed by atoms with Crippen molar-refractivity contribution in [1.82, 2.24) is 0 Å². The van der Waals surface area contributed by atoms with Gasteiger partial charge in [0.25, 0.3) is 0 Å². The van der Waals surface area contributed by atoms with Crippen molar-refractivity contribution >= 4 is 9.84 Å². The lowest BCUT2D eigenvalue weighted by Crippen LogP contribution is -2.19. The number of sulfone groups is 1. The molecule has 2 nitrogen and oxygen atoms in total. The minimum Gasteiger partial charge on any atom is -0.242 e. The van der Waals surface area contributed by atoms with Crippen LogP contribution in [0.15, 0.2) is 95.9 Å². The first-order chi connectivity index (χ1) is 12.1. The Morgan fingerprint density at radius 3 is 1.64 bits per heavy atom. The summed E-state index contributed by atoms with van der Waals surface area (Å²) < 4.78 is 40.8. The van der Waals surface area contributed by atoms with Crippen LogP contribution in [0.5, 0.6) is 0 Å². The highest BCUT2D eigenvalue weighted by atomic mass is 32.2. The Kier molecular flexibility index (Phi) is 5.29. The average molecular weight is 354 g/mol. The molecule has 0 unspecified atom stereocenters. The smallest absolute Gasteiger partial charge is 0.179 e. The molecule has 0 spiro atoms. The maximum absolute atomic E-state index is 15.3. The minimum absolute atomic E-state index is 0.219. The molecule has 3 aromatic rings. The van der Waals surface area contributed by atoms with E-state index in [1.165, 1.54) is 0 Å². The van der Waals surface area contributed by atoms with E-state index in [2.05, 4.69) is 0 Å². The standard InChI is InChI=1S/C21H19FO2S/c22-21(18-12-6-2-7-13-18)20(17-10-4-1-5-11-17)16-25(23,24)19-14-8-3-9-15-19/h1-15,20-21H,16H2/t20-,21+/m1/s1. The van der Waals surface area contributed by atoms with Crippen LogP contribution in [0, 0.1) is 0 Å². The molecule has 0 saturated carbocycles. The number of halogens is 1. The molecule has 128 valence electrons. The molecule has 3 rings (SSSR count). The monoisotopic (exact) mass is 354 g/mol. The largest absolute Gasteiger partial charge is 0.242 e. The Morgan fingerprint density at radius 2 is 1.12 bits per heavy atom. The van der Waals surface area contributed by atoms with Gasteiger partial charge in [-0.2, -0.15) is 0 Å². The van der Waals surface area contributed by atoms with E-state index in [0.29, 0.717) is 11.1 Å². The first-order valence-electron chi connectivity index (χ1n) is 8.10. The maximum Gasteiger partial charge on any atom is 0.179 e. The van der Waals surface area contributed by atoms with Crippen molar-refractivity contribution in [3.05, 3.63) is 102 Å². The normalized spacial score (nSPS) is 14.0. The Labute approximate surface area is 147 Å². The van der Waals surface area contributed by atoms with Gasteiger partial charge in [-0.25, -0.2) is 12.8 Å². The molecule has 0 aliphatic heterocycles. The zero-order valence-electron chi connectivity index (χ0n) is 13.6. The van der Waals surface area contributed by atoms with Crippen LogP contribution < -0.4 is 0 Å². The van der Waals surface area contributed by atoms with E-state index < -0.39 is 21.9 Å². The van der Waals surface area contributed by atoms with Crippen molar-refractivity contribution in [3.8, 4) is 0 Å². The molecule has 4 heteroatoms. The van der Waals surface area contributed by atoms with Crippen molar-refractivity contribution in [2.75, 3.05) is 5.75 Å². The number of benzene rings is 3. The van der Waals surface area contributed by atoms with E-state index in [9.17, 15) is 8.42 Å². The Bertz CT molecular complexity index is 894. The van der Waals surface area contributed by atoms with Crippen LogP contribution in [-0.4, -0.2) is 14.2 Å². The van der Waals surface area contributed by atoms with Crippen molar-refractivity contribution in [2.24, 2.45) is 0 Å². The van der Waals surface area contributed by atoms with E-state index in [-0.39, 0.29) is 10.6 Å². The van der Waals surface area contributed by atoms with Crippen molar-refractivity contribution < 1.29 is 12.8 Å². The number of hydrogen-bond acceptors (Lipinski definition) is 2. The summed E-state index contributed by atoms with van der Waals surface area (Å²) in [7, 11) is -3.60. The molecule has 0 fully saturated rings. The van der Waals surface area contributed by atoms with Crippen molar-refractivity contribution in [2.45, 2.75) is 17.0 Å². The van der Waals surface area contributed by atoms with Crippen LogP contribution in [0.2, 0.25) is 0 Å². The number of rotatable bonds is 6. The van der Waals surface area contributed by atoms with Gasteiger partial charge in [-0.3, -0.25) is 0 Å². The summed E-state index contributed by atoms with van der Waals surface area (Å²) in [5, 5.41) is 0. The number of hydrogen-bond donors (Lipinski definition) is 0. The predicted octanol–water partition coefficient (Wildman–Crippen LogP) is 4.95. The van der Waals surface area contributed by atoms with Gasteiger partial charge in [0.1, 0.15) is 6.17 Å². The van der Waals surface area contributed by atoms with Crippen LogP contribution in [-0.2, 0) is 9.84 Å². The molecule has 25 heavy (non-hydrogen) atoms. The lowest BCUT2D eigenvalue weighted by Gasteiger charge is -2.22. The molecule has 0 bridgehead atoms. The molecular formula is C21H19FO2S. The van der Waals surface area contributed by atoms with Crippen LogP contribution in [0.4, 0.5) is 4.39 Å². The Balaban J connectivity index is 1.98. The third-order valence-electron chi connectivity index (χ3n) is 4.20. The zero-order valence-corrected chi connectivity index (χ0v) is 14.4. The fourth-order valence-corrected chi connectivity index (χ4v) is 4.48. The predicted molar refractivity (Wildman–Crippen MR) is 98.0 cm³/mol. The average Bonchev–Trinajstić information content (AvgIpc) is 2.68. The zero-order chi connectivity index (χ0) is 17.7. The molecule has 0 aromatic heterocycles. The fourth-order valence-electron chi connectivity index (χ4n) is 2.88. The second-order valence-corrected chi connectivity index (χ2v) is 7.96. The second-order valence-electron chi connectivity index (χ2n) is 5.92.